The molecule has 3 aliphatic rings. The van der Waals surface area contributed by atoms with E-state index in [1.807, 2.05) is 0 Å². The standard InChI is InChI=1S/C17H25NO/c1-3-18-12-16(10-13(18)2)15-5-7-17-6-4-14(11-15)8-9-19-17/h5,7,11,13,16H,3-4,6,8-10,12H2,1-2H3/b14-11+,15-5+,17-7?. The van der Waals surface area contributed by atoms with E-state index in [2.05, 4.69) is 37.0 Å². The minimum absolute atomic E-state index is 0.707. The molecular formula is C17H25NO. The van der Waals surface area contributed by atoms with E-state index in [1.54, 1.807) is 5.57 Å². The van der Waals surface area contributed by atoms with Crippen molar-refractivity contribution in [3.05, 3.63) is 35.1 Å². The van der Waals surface area contributed by atoms with Crippen molar-refractivity contribution < 1.29 is 4.74 Å². The predicted molar refractivity (Wildman–Crippen MR) is 78.9 cm³/mol. The topological polar surface area (TPSA) is 12.5 Å². The van der Waals surface area contributed by atoms with E-state index in [1.165, 1.54) is 37.3 Å². The van der Waals surface area contributed by atoms with Crippen molar-refractivity contribution in [2.45, 2.75) is 45.6 Å². The minimum atomic E-state index is 0.707. The van der Waals surface area contributed by atoms with Gasteiger partial charge in [0.2, 0.25) is 0 Å². The largest absolute Gasteiger partial charge is 0.498 e. The van der Waals surface area contributed by atoms with Gasteiger partial charge in [0.1, 0.15) is 0 Å². The van der Waals surface area contributed by atoms with Crippen molar-refractivity contribution >= 4 is 0 Å². The maximum absolute atomic E-state index is 5.79. The molecule has 0 N–H and O–H groups in total. The molecular weight excluding hydrogens is 234 g/mol. The van der Waals surface area contributed by atoms with Crippen molar-refractivity contribution in [1.82, 2.24) is 4.90 Å². The van der Waals surface area contributed by atoms with Gasteiger partial charge in [-0.1, -0.05) is 24.6 Å². The normalized spacial score (nSPS) is 37.3. The highest BCUT2D eigenvalue weighted by Crippen LogP contribution is 2.33. The van der Waals surface area contributed by atoms with Gasteiger partial charge in [0, 0.05) is 25.4 Å². The molecule has 0 spiro atoms. The van der Waals surface area contributed by atoms with Gasteiger partial charge in [0.25, 0.3) is 0 Å². The molecule has 2 bridgehead atoms. The Bertz CT molecular complexity index is 433. The zero-order chi connectivity index (χ0) is 13.2. The fraction of sp³-hybridized carbons (Fsp3) is 0.647. The molecule has 1 aliphatic carbocycles. The van der Waals surface area contributed by atoms with Crippen molar-refractivity contribution in [1.29, 1.82) is 0 Å². The molecule has 0 aromatic rings. The smallest absolute Gasteiger partial charge is 0.0963 e. The van der Waals surface area contributed by atoms with Crippen LogP contribution >= 0.6 is 0 Å². The van der Waals surface area contributed by atoms with Crippen LogP contribution < -0.4 is 0 Å². The van der Waals surface area contributed by atoms with Gasteiger partial charge in [-0.2, -0.15) is 0 Å². The Morgan fingerprint density at radius 3 is 2.95 bits per heavy atom. The molecule has 2 fully saturated rings. The third-order valence-electron chi connectivity index (χ3n) is 4.82. The first kappa shape index (κ1) is 13.0. The molecule has 0 radical (unpaired) electrons. The number of hydrogen-bond acceptors (Lipinski definition) is 2. The lowest BCUT2D eigenvalue weighted by Crippen LogP contribution is -2.26. The van der Waals surface area contributed by atoms with Gasteiger partial charge in [-0.25, -0.2) is 0 Å². The fourth-order valence-electron chi connectivity index (χ4n) is 3.58. The zero-order valence-electron chi connectivity index (χ0n) is 12.2. The third kappa shape index (κ3) is 2.79. The third-order valence-corrected chi connectivity index (χ3v) is 4.82. The van der Waals surface area contributed by atoms with Crippen molar-refractivity contribution in [3.63, 3.8) is 0 Å². The lowest BCUT2D eigenvalue weighted by molar-refractivity contribution is 0.217. The number of rotatable bonds is 2. The average molecular weight is 259 g/mol. The zero-order valence-corrected chi connectivity index (χ0v) is 12.2. The van der Waals surface area contributed by atoms with Gasteiger partial charge in [-0.15, -0.1) is 0 Å². The molecule has 3 rings (SSSR count). The van der Waals surface area contributed by atoms with Crippen LogP contribution in [0.4, 0.5) is 0 Å². The predicted octanol–water partition coefficient (Wildman–Crippen LogP) is 3.67. The van der Waals surface area contributed by atoms with Crippen LogP contribution in [0, 0.1) is 5.92 Å². The second-order valence-corrected chi connectivity index (χ2v) is 6.07. The van der Waals surface area contributed by atoms with Crippen molar-refractivity contribution in [2.24, 2.45) is 5.92 Å². The van der Waals surface area contributed by atoms with Gasteiger partial charge < -0.3 is 9.64 Å². The van der Waals surface area contributed by atoms with Gasteiger partial charge in [-0.3, -0.25) is 0 Å². The first-order valence-electron chi connectivity index (χ1n) is 7.73. The van der Waals surface area contributed by atoms with Crippen molar-refractivity contribution in [3.8, 4) is 0 Å². The highest BCUT2D eigenvalue weighted by molar-refractivity contribution is 5.34. The number of hydrogen-bond donors (Lipinski definition) is 0. The van der Waals surface area contributed by atoms with Crippen LogP contribution in [0.3, 0.4) is 0 Å². The van der Waals surface area contributed by atoms with E-state index in [9.17, 15) is 0 Å². The fourth-order valence-corrected chi connectivity index (χ4v) is 3.58. The maximum Gasteiger partial charge on any atom is 0.0963 e. The highest BCUT2D eigenvalue weighted by atomic mass is 16.5. The number of fused-ring (bicyclic) bond motifs is 3. The summed E-state index contributed by atoms with van der Waals surface area (Å²) in [7, 11) is 0. The molecule has 2 atom stereocenters. The molecule has 2 unspecified atom stereocenters. The molecule has 2 nitrogen and oxygen atoms in total. The van der Waals surface area contributed by atoms with Gasteiger partial charge in [-0.05, 0) is 43.9 Å². The molecule has 0 aromatic carbocycles. The summed E-state index contributed by atoms with van der Waals surface area (Å²) >= 11 is 0. The van der Waals surface area contributed by atoms with Gasteiger partial charge in [0.15, 0.2) is 0 Å². The van der Waals surface area contributed by atoms with E-state index in [4.69, 9.17) is 4.74 Å². The summed E-state index contributed by atoms with van der Waals surface area (Å²) in [4.78, 5) is 2.60. The number of likely N-dealkylation sites (tertiary alicyclic amines) is 1. The molecule has 2 saturated heterocycles. The Hall–Kier alpha value is -1.02. The maximum atomic E-state index is 5.79. The van der Waals surface area contributed by atoms with Crippen LogP contribution in [0.25, 0.3) is 0 Å². The van der Waals surface area contributed by atoms with Gasteiger partial charge in [0.05, 0.1) is 12.4 Å². The molecule has 19 heavy (non-hydrogen) atoms. The Morgan fingerprint density at radius 1 is 1.26 bits per heavy atom. The van der Waals surface area contributed by atoms with Crippen LogP contribution in [0.5, 0.6) is 0 Å². The molecule has 2 aliphatic heterocycles. The summed E-state index contributed by atoms with van der Waals surface area (Å²) in [5.74, 6) is 1.89. The lowest BCUT2D eigenvalue weighted by Gasteiger charge is -2.18. The lowest BCUT2D eigenvalue weighted by atomic mass is 9.91. The Kier molecular flexibility index (Phi) is 3.79. The van der Waals surface area contributed by atoms with Crippen molar-refractivity contribution in [2.75, 3.05) is 19.7 Å². The minimum Gasteiger partial charge on any atom is -0.498 e. The number of allylic oxidation sites excluding steroid dienone is 4. The van der Waals surface area contributed by atoms with E-state index < -0.39 is 0 Å². The van der Waals surface area contributed by atoms with Gasteiger partial charge >= 0.3 is 0 Å². The summed E-state index contributed by atoms with van der Waals surface area (Å²) < 4.78 is 5.79. The average Bonchev–Trinajstić information content (AvgIpc) is 2.66. The summed E-state index contributed by atoms with van der Waals surface area (Å²) in [5.41, 5.74) is 3.11. The Labute approximate surface area is 116 Å². The second kappa shape index (κ2) is 5.54. The van der Waals surface area contributed by atoms with Crippen LogP contribution in [-0.2, 0) is 4.74 Å². The van der Waals surface area contributed by atoms with Crippen LogP contribution in [0.1, 0.15) is 39.5 Å². The van der Waals surface area contributed by atoms with Crippen LogP contribution in [-0.4, -0.2) is 30.6 Å². The molecule has 2 heterocycles. The van der Waals surface area contributed by atoms with E-state index in [-0.39, 0.29) is 0 Å². The summed E-state index contributed by atoms with van der Waals surface area (Å²) in [6.45, 7) is 7.89. The quantitative estimate of drug-likeness (QED) is 0.750. The highest BCUT2D eigenvalue weighted by Gasteiger charge is 2.29. The van der Waals surface area contributed by atoms with E-state index >= 15 is 0 Å². The first-order chi connectivity index (χ1) is 9.26. The number of nitrogens with zero attached hydrogens (tertiary/aromatic N) is 1. The SMILES string of the molecule is CCN1CC(C2=C/C=C3CC/C(=C\2)CCO3)CC1C. The molecule has 0 saturated carbocycles. The molecule has 2 heteroatoms. The summed E-state index contributed by atoms with van der Waals surface area (Å²) in [5, 5.41) is 0. The monoisotopic (exact) mass is 259 g/mol. The van der Waals surface area contributed by atoms with Crippen LogP contribution in [0.2, 0.25) is 0 Å². The molecule has 104 valence electrons. The summed E-state index contributed by atoms with van der Waals surface area (Å²) in [6.07, 6.45) is 11.7. The first-order valence-corrected chi connectivity index (χ1v) is 7.73. The Balaban J connectivity index is 1.84. The van der Waals surface area contributed by atoms with E-state index in [0.717, 1.165) is 25.5 Å². The second-order valence-electron chi connectivity index (χ2n) is 6.07. The Morgan fingerprint density at radius 2 is 2.16 bits per heavy atom. The molecule has 0 amide bonds. The van der Waals surface area contributed by atoms with Crippen LogP contribution in [0.15, 0.2) is 35.1 Å². The molecule has 0 aromatic heterocycles. The summed E-state index contributed by atoms with van der Waals surface area (Å²) in [6, 6.07) is 0.725. The number of ether oxygens (including phenoxy) is 1. The van der Waals surface area contributed by atoms with E-state index in [0.29, 0.717) is 5.92 Å².